The van der Waals surface area contributed by atoms with Gasteiger partial charge in [-0.15, -0.1) is 0 Å². The number of hydrogen-bond donors (Lipinski definition) is 2. The fourth-order valence-electron chi connectivity index (χ4n) is 1.92. The molecule has 1 amide bonds. The second kappa shape index (κ2) is 6.21. The first-order chi connectivity index (χ1) is 7.97. The van der Waals surface area contributed by atoms with Gasteiger partial charge in [0.25, 0.3) is 0 Å². The number of ether oxygens (including phenoxy) is 1. The van der Waals surface area contributed by atoms with E-state index in [0.717, 1.165) is 25.9 Å². The number of rotatable bonds is 4. The van der Waals surface area contributed by atoms with Crippen LogP contribution in [0.15, 0.2) is 0 Å². The number of alkyl carbamates (subject to hydrolysis) is 1. The van der Waals surface area contributed by atoms with Crippen LogP contribution in [0.2, 0.25) is 0 Å². The van der Waals surface area contributed by atoms with E-state index in [1.807, 2.05) is 13.8 Å². The van der Waals surface area contributed by atoms with Crippen molar-refractivity contribution in [3.8, 4) is 0 Å². The van der Waals surface area contributed by atoms with Crippen LogP contribution < -0.4 is 11.1 Å². The van der Waals surface area contributed by atoms with Gasteiger partial charge < -0.3 is 20.7 Å². The zero-order valence-corrected chi connectivity index (χ0v) is 11.2. The summed E-state index contributed by atoms with van der Waals surface area (Å²) in [6.07, 6.45) is 1.43. The van der Waals surface area contributed by atoms with Crippen molar-refractivity contribution in [2.45, 2.75) is 32.2 Å². The Morgan fingerprint density at radius 3 is 2.53 bits per heavy atom. The predicted octanol–water partition coefficient (Wildman–Crippen LogP) is 0.792. The van der Waals surface area contributed by atoms with E-state index >= 15 is 0 Å². The van der Waals surface area contributed by atoms with Crippen molar-refractivity contribution in [1.29, 1.82) is 0 Å². The Morgan fingerprint density at radius 1 is 1.47 bits per heavy atom. The molecule has 1 aliphatic heterocycles. The maximum absolute atomic E-state index is 11.7. The molecule has 1 fully saturated rings. The van der Waals surface area contributed by atoms with E-state index < -0.39 is 0 Å². The molecule has 100 valence electrons. The van der Waals surface area contributed by atoms with Gasteiger partial charge in [-0.2, -0.15) is 0 Å². The summed E-state index contributed by atoms with van der Waals surface area (Å²) < 4.78 is 5.14. The summed E-state index contributed by atoms with van der Waals surface area (Å²) in [5.74, 6) is 0.354. The number of carbonyl (C=O) groups excluding carboxylic acids is 1. The number of nitrogens with two attached hydrogens (primary N) is 1. The lowest BCUT2D eigenvalue weighted by atomic mass is 9.88. The molecular formula is C12H25N3O2. The van der Waals surface area contributed by atoms with E-state index in [1.165, 1.54) is 0 Å². The van der Waals surface area contributed by atoms with E-state index in [4.69, 9.17) is 10.5 Å². The molecule has 0 saturated carbocycles. The minimum absolute atomic E-state index is 0.277. The predicted molar refractivity (Wildman–Crippen MR) is 67.8 cm³/mol. The minimum atomic E-state index is -0.339. The quantitative estimate of drug-likeness (QED) is 0.766. The summed E-state index contributed by atoms with van der Waals surface area (Å²) in [5.41, 5.74) is 5.52. The highest BCUT2D eigenvalue weighted by Gasteiger charge is 2.34. The minimum Gasteiger partial charge on any atom is -0.449 e. The van der Waals surface area contributed by atoms with Crippen molar-refractivity contribution in [3.05, 3.63) is 0 Å². The Hall–Kier alpha value is -0.810. The summed E-state index contributed by atoms with van der Waals surface area (Å²) in [5, 5.41) is 2.95. The molecule has 5 heteroatoms. The van der Waals surface area contributed by atoms with E-state index in [-0.39, 0.29) is 11.6 Å². The summed E-state index contributed by atoms with van der Waals surface area (Å²) in [4.78, 5) is 13.9. The van der Waals surface area contributed by atoms with E-state index in [2.05, 4.69) is 17.3 Å². The highest BCUT2D eigenvalue weighted by molar-refractivity contribution is 5.68. The number of likely N-dealkylation sites (tertiary alicyclic amines) is 1. The largest absolute Gasteiger partial charge is 0.449 e. The molecule has 1 heterocycles. The molecule has 1 saturated heterocycles. The Balaban J connectivity index is 2.43. The van der Waals surface area contributed by atoms with Crippen LogP contribution in [0.25, 0.3) is 0 Å². The highest BCUT2D eigenvalue weighted by Crippen LogP contribution is 2.20. The number of hydrogen-bond acceptors (Lipinski definition) is 4. The number of piperidine rings is 1. The van der Waals surface area contributed by atoms with Gasteiger partial charge >= 0.3 is 6.09 Å². The van der Waals surface area contributed by atoms with Crippen molar-refractivity contribution in [2.24, 2.45) is 11.7 Å². The zero-order valence-electron chi connectivity index (χ0n) is 11.2. The van der Waals surface area contributed by atoms with Crippen molar-refractivity contribution < 1.29 is 9.53 Å². The molecule has 3 N–H and O–H groups in total. The van der Waals surface area contributed by atoms with Crippen LogP contribution in [0, 0.1) is 5.92 Å². The molecule has 0 spiro atoms. The Labute approximate surface area is 104 Å². The summed E-state index contributed by atoms with van der Waals surface area (Å²) in [6.45, 7) is 6.87. The Bertz CT molecular complexity index is 248. The first-order valence-corrected chi connectivity index (χ1v) is 6.31. The average Bonchev–Trinajstić information content (AvgIpc) is 2.30. The van der Waals surface area contributed by atoms with Gasteiger partial charge in [0.2, 0.25) is 0 Å². The van der Waals surface area contributed by atoms with Gasteiger partial charge in [-0.3, -0.25) is 0 Å². The first kappa shape index (κ1) is 14.3. The second-order valence-corrected chi connectivity index (χ2v) is 5.41. The van der Waals surface area contributed by atoms with Gasteiger partial charge in [-0.25, -0.2) is 4.79 Å². The Kier molecular flexibility index (Phi) is 5.21. The molecule has 0 aromatic carbocycles. The summed E-state index contributed by atoms with van der Waals surface area (Å²) in [7, 11) is 2.08. The fourth-order valence-corrected chi connectivity index (χ4v) is 1.92. The maximum Gasteiger partial charge on any atom is 0.407 e. The van der Waals surface area contributed by atoms with Crippen molar-refractivity contribution >= 4 is 6.09 Å². The van der Waals surface area contributed by atoms with Crippen LogP contribution in [0.4, 0.5) is 4.79 Å². The standard InChI is InChI=1S/C12H25N3O2/c1-10(2)8-17-11(16)14-12(9-13)4-6-15(3)7-5-12/h10H,4-9,13H2,1-3H3,(H,14,16). The molecule has 0 atom stereocenters. The third-order valence-electron chi connectivity index (χ3n) is 3.25. The van der Waals surface area contributed by atoms with E-state index in [0.29, 0.717) is 19.1 Å². The number of carbonyl (C=O) groups is 1. The molecule has 17 heavy (non-hydrogen) atoms. The Morgan fingerprint density at radius 2 is 2.06 bits per heavy atom. The molecule has 0 radical (unpaired) electrons. The zero-order chi connectivity index (χ0) is 12.9. The van der Waals surface area contributed by atoms with E-state index in [1.54, 1.807) is 0 Å². The maximum atomic E-state index is 11.7. The van der Waals surface area contributed by atoms with Crippen molar-refractivity contribution in [3.63, 3.8) is 0 Å². The van der Waals surface area contributed by atoms with Gasteiger partial charge in [0.05, 0.1) is 12.1 Å². The van der Waals surface area contributed by atoms with Crippen LogP contribution >= 0.6 is 0 Å². The van der Waals surface area contributed by atoms with Gasteiger partial charge in [-0.1, -0.05) is 13.8 Å². The molecule has 0 aromatic rings. The number of nitrogens with zero attached hydrogens (tertiary/aromatic N) is 1. The van der Waals surface area contributed by atoms with Crippen molar-refractivity contribution in [1.82, 2.24) is 10.2 Å². The van der Waals surface area contributed by atoms with Gasteiger partial charge in [-0.05, 0) is 25.8 Å². The lowest BCUT2D eigenvalue weighted by Crippen LogP contribution is -2.59. The fraction of sp³-hybridized carbons (Fsp3) is 0.917. The third-order valence-corrected chi connectivity index (χ3v) is 3.25. The molecule has 0 aromatic heterocycles. The van der Waals surface area contributed by atoms with Crippen LogP contribution in [0.5, 0.6) is 0 Å². The number of nitrogens with one attached hydrogen (secondary N) is 1. The van der Waals surface area contributed by atoms with Crippen LogP contribution in [0.1, 0.15) is 26.7 Å². The first-order valence-electron chi connectivity index (χ1n) is 6.31. The summed E-state index contributed by atoms with van der Waals surface area (Å²) in [6, 6.07) is 0. The average molecular weight is 243 g/mol. The van der Waals surface area contributed by atoms with Crippen LogP contribution in [0.3, 0.4) is 0 Å². The molecule has 0 aliphatic carbocycles. The number of amides is 1. The SMILES string of the molecule is CC(C)COC(=O)NC1(CN)CCN(C)CC1. The van der Waals surface area contributed by atoms with Crippen molar-refractivity contribution in [2.75, 3.05) is 33.3 Å². The lowest BCUT2D eigenvalue weighted by Gasteiger charge is -2.40. The lowest BCUT2D eigenvalue weighted by molar-refractivity contribution is 0.104. The third kappa shape index (κ3) is 4.52. The molecular weight excluding hydrogens is 218 g/mol. The monoisotopic (exact) mass is 243 g/mol. The molecule has 0 bridgehead atoms. The smallest absolute Gasteiger partial charge is 0.407 e. The van der Waals surface area contributed by atoms with Crippen LogP contribution in [-0.4, -0.2) is 49.8 Å². The van der Waals surface area contributed by atoms with Crippen LogP contribution in [-0.2, 0) is 4.74 Å². The van der Waals surface area contributed by atoms with E-state index in [9.17, 15) is 4.79 Å². The molecule has 1 aliphatic rings. The second-order valence-electron chi connectivity index (χ2n) is 5.41. The molecule has 0 unspecified atom stereocenters. The van der Waals surface area contributed by atoms with Gasteiger partial charge in [0.1, 0.15) is 0 Å². The normalized spacial score (nSPS) is 20.3. The highest BCUT2D eigenvalue weighted by atomic mass is 16.5. The topological polar surface area (TPSA) is 67.6 Å². The van der Waals surface area contributed by atoms with Gasteiger partial charge in [0, 0.05) is 19.6 Å². The van der Waals surface area contributed by atoms with Gasteiger partial charge in [0.15, 0.2) is 0 Å². The molecule has 5 nitrogen and oxygen atoms in total. The molecule has 1 rings (SSSR count). The summed E-state index contributed by atoms with van der Waals surface area (Å²) >= 11 is 0.